The molecule has 0 saturated carbocycles. The lowest BCUT2D eigenvalue weighted by atomic mass is 10.1. The number of Topliss-reactive ketones (excluding diaryl/α,β-unsaturated/α-hetero) is 1. The molecular formula is C10H20O2S. The van der Waals surface area contributed by atoms with Crippen LogP contribution in [0, 0.1) is 5.92 Å². The maximum atomic E-state index is 11.4. The van der Waals surface area contributed by atoms with Crippen LogP contribution in [0.2, 0.25) is 0 Å². The molecule has 3 heteroatoms. The molecule has 3 unspecified atom stereocenters. The van der Waals surface area contributed by atoms with Gasteiger partial charge in [-0.15, -0.1) is 11.8 Å². The maximum Gasteiger partial charge on any atom is 0.145 e. The third kappa shape index (κ3) is 5.32. The van der Waals surface area contributed by atoms with Crippen molar-refractivity contribution in [3.05, 3.63) is 0 Å². The quantitative estimate of drug-likeness (QED) is 0.720. The molecule has 0 aliphatic heterocycles. The van der Waals surface area contributed by atoms with Gasteiger partial charge >= 0.3 is 0 Å². The van der Waals surface area contributed by atoms with Crippen LogP contribution in [0.5, 0.6) is 0 Å². The number of ketones is 1. The Bertz CT molecular complexity index is 157. The van der Waals surface area contributed by atoms with Crippen molar-refractivity contribution in [2.24, 2.45) is 5.92 Å². The third-order valence-corrected chi connectivity index (χ3v) is 3.70. The van der Waals surface area contributed by atoms with E-state index >= 15 is 0 Å². The molecule has 2 nitrogen and oxygen atoms in total. The van der Waals surface area contributed by atoms with Crippen molar-refractivity contribution in [2.75, 3.05) is 5.75 Å². The summed E-state index contributed by atoms with van der Waals surface area (Å²) in [6, 6.07) is 0. The van der Waals surface area contributed by atoms with Gasteiger partial charge in [-0.25, -0.2) is 0 Å². The van der Waals surface area contributed by atoms with E-state index in [1.165, 1.54) is 11.8 Å². The second-order valence-electron chi connectivity index (χ2n) is 3.53. The predicted octanol–water partition coefficient (Wildman–Crippen LogP) is 2.10. The first kappa shape index (κ1) is 13.0. The normalized spacial score (nSPS) is 17.9. The van der Waals surface area contributed by atoms with E-state index in [2.05, 4.69) is 0 Å². The summed E-state index contributed by atoms with van der Waals surface area (Å²) in [7, 11) is 0. The molecule has 0 bridgehead atoms. The highest BCUT2D eigenvalue weighted by molar-refractivity contribution is 8.00. The summed E-state index contributed by atoms with van der Waals surface area (Å²) < 4.78 is 0. The Morgan fingerprint density at radius 1 is 1.38 bits per heavy atom. The van der Waals surface area contributed by atoms with Crippen LogP contribution in [-0.2, 0) is 4.79 Å². The van der Waals surface area contributed by atoms with Crippen molar-refractivity contribution < 1.29 is 9.90 Å². The van der Waals surface area contributed by atoms with Crippen LogP contribution < -0.4 is 0 Å². The van der Waals surface area contributed by atoms with Crippen molar-refractivity contribution in [2.45, 2.75) is 45.5 Å². The number of hydrogen-bond donors (Lipinski definition) is 1. The first-order chi connectivity index (χ1) is 5.99. The topological polar surface area (TPSA) is 37.3 Å². The Kier molecular flexibility index (Phi) is 6.43. The van der Waals surface area contributed by atoms with E-state index in [0.717, 1.165) is 6.42 Å². The minimum absolute atomic E-state index is 0.146. The molecule has 0 spiro atoms. The second kappa shape index (κ2) is 6.44. The zero-order chi connectivity index (χ0) is 10.4. The molecule has 0 aromatic carbocycles. The number of hydrogen-bond acceptors (Lipinski definition) is 3. The largest absolute Gasteiger partial charge is 0.392 e. The first-order valence-electron chi connectivity index (χ1n) is 4.81. The summed E-state index contributed by atoms with van der Waals surface area (Å²) in [6.45, 7) is 7.67. The highest BCUT2D eigenvalue weighted by Gasteiger charge is 2.14. The molecule has 78 valence electrons. The molecule has 0 aromatic rings. The lowest BCUT2D eigenvalue weighted by molar-refractivity contribution is -0.119. The molecule has 0 heterocycles. The number of carbonyl (C=O) groups excluding carboxylic acids is 1. The molecule has 13 heavy (non-hydrogen) atoms. The summed E-state index contributed by atoms with van der Waals surface area (Å²) in [5.41, 5.74) is 0. The summed E-state index contributed by atoms with van der Waals surface area (Å²) >= 11 is 1.54. The van der Waals surface area contributed by atoms with E-state index in [1.54, 1.807) is 6.92 Å². The molecule has 0 aliphatic carbocycles. The van der Waals surface area contributed by atoms with Gasteiger partial charge in [-0.05, 0) is 13.3 Å². The van der Waals surface area contributed by atoms with Gasteiger partial charge in [-0.3, -0.25) is 4.79 Å². The van der Waals surface area contributed by atoms with Gasteiger partial charge in [0.1, 0.15) is 5.78 Å². The minimum Gasteiger partial charge on any atom is -0.392 e. The average molecular weight is 204 g/mol. The van der Waals surface area contributed by atoms with Crippen LogP contribution in [0.4, 0.5) is 0 Å². The van der Waals surface area contributed by atoms with Gasteiger partial charge in [0, 0.05) is 11.2 Å². The van der Waals surface area contributed by atoms with Gasteiger partial charge in [0.25, 0.3) is 0 Å². The van der Waals surface area contributed by atoms with Gasteiger partial charge in [0.05, 0.1) is 11.9 Å². The third-order valence-electron chi connectivity index (χ3n) is 2.33. The van der Waals surface area contributed by atoms with Crippen LogP contribution in [0.15, 0.2) is 0 Å². The average Bonchev–Trinajstić information content (AvgIpc) is 2.11. The SMILES string of the molecule is CCC(C)C(=O)CSC(C)C(C)O. The Hall–Kier alpha value is -0.0200. The van der Waals surface area contributed by atoms with E-state index in [9.17, 15) is 9.90 Å². The zero-order valence-corrected chi connectivity index (χ0v) is 9.73. The standard InChI is InChI=1S/C10H20O2S/c1-5-7(2)10(12)6-13-9(4)8(3)11/h7-9,11H,5-6H2,1-4H3. The number of carbonyl (C=O) groups is 1. The Balaban J connectivity index is 3.70. The van der Waals surface area contributed by atoms with Crippen molar-refractivity contribution in [1.82, 2.24) is 0 Å². The Labute approximate surface area is 85.1 Å². The van der Waals surface area contributed by atoms with Gasteiger partial charge in [0.2, 0.25) is 0 Å². The molecule has 0 fully saturated rings. The highest BCUT2D eigenvalue weighted by atomic mass is 32.2. The number of thioether (sulfide) groups is 1. The number of aliphatic hydroxyl groups is 1. The lowest BCUT2D eigenvalue weighted by Gasteiger charge is -2.14. The summed E-state index contributed by atoms with van der Waals surface area (Å²) in [4.78, 5) is 11.4. The van der Waals surface area contributed by atoms with E-state index in [-0.39, 0.29) is 17.3 Å². The monoisotopic (exact) mass is 204 g/mol. The molecule has 0 radical (unpaired) electrons. The van der Waals surface area contributed by atoms with Crippen LogP contribution in [-0.4, -0.2) is 28.0 Å². The lowest BCUT2D eigenvalue weighted by Crippen LogP contribution is -2.20. The molecule has 0 rings (SSSR count). The fraction of sp³-hybridized carbons (Fsp3) is 0.900. The zero-order valence-electron chi connectivity index (χ0n) is 8.91. The maximum absolute atomic E-state index is 11.4. The second-order valence-corrected chi connectivity index (χ2v) is 4.90. The van der Waals surface area contributed by atoms with E-state index < -0.39 is 0 Å². The van der Waals surface area contributed by atoms with Crippen LogP contribution in [0.3, 0.4) is 0 Å². The molecule has 3 atom stereocenters. The van der Waals surface area contributed by atoms with E-state index in [4.69, 9.17) is 0 Å². The predicted molar refractivity (Wildman–Crippen MR) is 58.1 cm³/mol. The number of aliphatic hydroxyl groups excluding tert-OH is 1. The summed E-state index contributed by atoms with van der Waals surface area (Å²) in [5, 5.41) is 9.34. The first-order valence-corrected chi connectivity index (χ1v) is 5.86. The highest BCUT2D eigenvalue weighted by Crippen LogP contribution is 2.16. The van der Waals surface area contributed by atoms with Crippen molar-refractivity contribution in [3.63, 3.8) is 0 Å². The summed E-state index contributed by atoms with van der Waals surface area (Å²) in [6.07, 6.45) is 0.567. The molecule has 0 aliphatic rings. The van der Waals surface area contributed by atoms with E-state index in [1.807, 2.05) is 20.8 Å². The van der Waals surface area contributed by atoms with Crippen LogP contribution in [0.25, 0.3) is 0 Å². The Morgan fingerprint density at radius 3 is 2.31 bits per heavy atom. The van der Waals surface area contributed by atoms with Gasteiger partial charge in [-0.2, -0.15) is 0 Å². The summed E-state index contributed by atoms with van der Waals surface area (Å²) in [5.74, 6) is 0.981. The molecule has 0 amide bonds. The minimum atomic E-state index is -0.338. The van der Waals surface area contributed by atoms with Crippen molar-refractivity contribution in [3.8, 4) is 0 Å². The fourth-order valence-electron chi connectivity index (χ4n) is 0.723. The molecule has 0 aromatic heterocycles. The Morgan fingerprint density at radius 2 is 1.92 bits per heavy atom. The molecule has 0 saturated heterocycles. The fourth-order valence-corrected chi connectivity index (χ4v) is 1.71. The van der Waals surface area contributed by atoms with Gasteiger partial charge in [-0.1, -0.05) is 20.8 Å². The molecular weight excluding hydrogens is 184 g/mol. The molecule has 1 N–H and O–H groups in total. The van der Waals surface area contributed by atoms with Crippen LogP contribution in [0.1, 0.15) is 34.1 Å². The van der Waals surface area contributed by atoms with Crippen molar-refractivity contribution >= 4 is 17.5 Å². The van der Waals surface area contributed by atoms with Crippen LogP contribution >= 0.6 is 11.8 Å². The van der Waals surface area contributed by atoms with E-state index in [0.29, 0.717) is 11.5 Å². The smallest absolute Gasteiger partial charge is 0.145 e. The van der Waals surface area contributed by atoms with Crippen molar-refractivity contribution in [1.29, 1.82) is 0 Å². The van der Waals surface area contributed by atoms with Gasteiger partial charge in [0.15, 0.2) is 0 Å². The number of rotatable bonds is 6. The van der Waals surface area contributed by atoms with Gasteiger partial charge < -0.3 is 5.11 Å².